The molecule has 138 valence electrons. The first-order chi connectivity index (χ1) is 13.2. The summed E-state index contributed by atoms with van der Waals surface area (Å²) in [5.41, 5.74) is 3.01. The maximum Gasteiger partial charge on any atom is 0.257 e. The minimum atomic E-state index is -0.432. The van der Waals surface area contributed by atoms with Crippen LogP contribution in [0.3, 0.4) is 0 Å². The fraction of sp³-hybridized carbons (Fsp3) is 0.211. The first-order valence-electron chi connectivity index (χ1n) is 8.52. The smallest absolute Gasteiger partial charge is 0.257 e. The number of halogens is 1. The van der Waals surface area contributed by atoms with Gasteiger partial charge in [-0.2, -0.15) is 0 Å². The highest BCUT2D eigenvalue weighted by molar-refractivity contribution is 7.15. The fourth-order valence-electron chi connectivity index (χ4n) is 2.85. The van der Waals surface area contributed by atoms with E-state index in [0.717, 1.165) is 19.5 Å². The number of para-hydroxylation sites is 1. The lowest BCUT2D eigenvalue weighted by molar-refractivity contribution is 0.102. The molecule has 0 saturated carbocycles. The zero-order valence-corrected chi connectivity index (χ0v) is 15.2. The number of fused-ring (bicyclic) bond motifs is 1. The van der Waals surface area contributed by atoms with Crippen molar-refractivity contribution in [3.05, 3.63) is 70.0 Å². The van der Waals surface area contributed by atoms with E-state index in [1.54, 1.807) is 18.2 Å². The van der Waals surface area contributed by atoms with Gasteiger partial charge in [0, 0.05) is 12.1 Å². The summed E-state index contributed by atoms with van der Waals surface area (Å²) in [7, 11) is 0. The lowest BCUT2D eigenvalue weighted by Crippen LogP contribution is -2.24. The van der Waals surface area contributed by atoms with E-state index in [1.807, 2.05) is 18.2 Å². The molecule has 1 aliphatic heterocycles. The largest absolute Gasteiger partial charge is 0.483 e. The predicted molar refractivity (Wildman–Crippen MR) is 100 cm³/mol. The van der Waals surface area contributed by atoms with E-state index in [1.165, 1.54) is 28.5 Å². The molecule has 2 heterocycles. The Balaban J connectivity index is 1.39. The van der Waals surface area contributed by atoms with Gasteiger partial charge in [-0.25, -0.2) is 4.39 Å². The number of rotatable bonds is 5. The molecule has 0 radical (unpaired) electrons. The zero-order chi connectivity index (χ0) is 18.6. The van der Waals surface area contributed by atoms with Gasteiger partial charge in [0.15, 0.2) is 16.6 Å². The number of carbonyl (C=O) groups is 1. The van der Waals surface area contributed by atoms with E-state index in [4.69, 9.17) is 4.74 Å². The van der Waals surface area contributed by atoms with Crippen LogP contribution in [0.5, 0.6) is 5.75 Å². The molecule has 1 aromatic heterocycles. The quantitative estimate of drug-likeness (QED) is 0.707. The molecule has 0 aliphatic carbocycles. The summed E-state index contributed by atoms with van der Waals surface area (Å²) in [6, 6.07) is 11.9. The van der Waals surface area contributed by atoms with Gasteiger partial charge < -0.3 is 10.1 Å². The van der Waals surface area contributed by atoms with E-state index in [-0.39, 0.29) is 18.3 Å². The van der Waals surface area contributed by atoms with Crippen LogP contribution in [0.2, 0.25) is 0 Å². The van der Waals surface area contributed by atoms with Crippen LogP contribution in [0.4, 0.5) is 9.52 Å². The molecule has 1 amide bonds. The maximum absolute atomic E-state index is 13.6. The highest BCUT2D eigenvalue weighted by Gasteiger charge is 2.14. The standard InChI is InChI=1S/C19H17FN4O2S/c20-15-3-1-2-4-16(15)26-11-17-23-24-19(27-17)22-18(25)13-5-6-14-10-21-8-7-12(14)9-13/h1-6,9,21H,7-8,10-11H2,(H,22,24,25). The van der Waals surface area contributed by atoms with Crippen molar-refractivity contribution in [1.82, 2.24) is 15.5 Å². The molecule has 2 aromatic carbocycles. The Kier molecular flexibility index (Phi) is 5.08. The van der Waals surface area contributed by atoms with E-state index < -0.39 is 5.82 Å². The Bertz CT molecular complexity index is 976. The van der Waals surface area contributed by atoms with Crippen molar-refractivity contribution in [1.29, 1.82) is 0 Å². The summed E-state index contributed by atoms with van der Waals surface area (Å²) >= 11 is 1.20. The SMILES string of the molecule is O=C(Nc1nnc(COc2ccccc2F)s1)c1ccc2c(c1)CCNC2. The van der Waals surface area contributed by atoms with Crippen LogP contribution in [-0.4, -0.2) is 22.6 Å². The molecule has 0 saturated heterocycles. The molecule has 27 heavy (non-hydrogen) atoms. The minimum absolute atomic E-state index is 0.0836. The van der Waals surface area contributed by atoms with E-state index in [0.29, 0.717) is 15.7 Å². The van der Waals surface area contributed by atoms with Crippen molar-refractivity contribution in [3.8, 4) is 5.75 Å². The third-order valence-electron chi connectivity index (χ3n) is 4.23. The minimum Gasteiger partial charge on any atom is -0.483 e. The summed E-state index contributed by atoms with van der Waals surface area (Å²) < 4.78 is 19.0. The molecule has 0 bridgehead atoms. The van der Waals surface area contributed by atoms with Gasteiger partial charge in [-0.1, -0.05) is 29.5 Å². The number of ether oxygens (including phenoxy) is 1. The van der Waals surface area contributed by atoms with Gasteiger partial charge >= 0.3 is 0 Å². The van der Waals surface area contributed by atoms with Gasteiger partial charge in [0.2, 0.25) is 5.13 Å². The number of amides is 1. The summed E-state index contributed by atoms with van der Waals surface area (Å²) in [4.78, 5) is 12.5. The van der Waals surface area contributed by atoms with Crippen molar-refractivity contribution in [3.63, 3.8) is 0 Å². The fourth-order valence-corrected chi connectivity index (χ4v) is 3.50. The van der Waals surface area contributed by atoms with Crippen LogP contribution < -0.4 is 15.4 Å². The Morgan fingerprint density at radius 2 is 2.11 bits per heavy atom. The zero-order valence-electron chi connectivity index (χ0n) is 14.4. The Morgan fingerprint density at radius 3 is 3.00 bits per heavy atom. The molecule has 2 N–H and O–H groups in total. The molecular formula is C19H17FN4O2S. The molecule has 0 unspecified atom stereocenters. The number of anilines is 1. The predicted octanol–water partition coefficient (Wildman–Crippen LogP) is 3.15. The molecule has 4 rings (SSSR count). The van der Waals surface area contributed by atoms with E-state index >= 15 is 0 Å². The van der Waals surface area contributed by atoms with Crippen molar-refractivity contribution in [2.45, 2.75) is 19.6 Å². The van der Waals surface area contributed by atoms with Crippen molar-refractivity contribution < 1.29 is 13.9 Å². The average Bonchev–Trinajstić information content (AvgIpc) is 3.14. The molecule has 1 aliphatic rings. The van der Waals surface area contributed by atoms with Gasteiger partial charge in [-0.3, -0.25) is 10.1 Å². The van der Waals surface area contributed by atoms with E-state index in [2.05, 4.69) is 20.8 Å². The third-order valence-corrected chi connectivity index (χ3v) is 5.04. The maximum atomic E-state index is 13.6. The first-order valence-corrected chi connectivity index (χ1v) is 9.34. The molecule has 6 nitrogen and oxygen atoms in total. The number of hydrogen-bond donors (Lipinski definition) is 2. The number of benzene rings is 2. The second-order valence-electron chi connectivity index (χ2n) is 6.08. The number of aromatic nitrogens is 2. The van der Waals surface area contributed by atoms with Crippen molar-refractivity contribution in [2.24, 2.45) is 0 Å². The second kappa shape index (κ2) is 7.81. The highest BCUT2D eigenvalue weighted by Crippen LogP contribution is 2.21. The van der Waals surface area contributed by atoms with E-state index in [9.17, 15) is 9.18 Å². The van der Waals surface area contributed by atoms with Crippen molar-refractivity contribution >= 4 is 22.4 Å². The summed E-state index contributed by atoms with van der Waals surface area (Å²) in [5.74, 6) is -0.506. The molecule has 0 fully saturated rings. The van der Waals surface area contributed by atoms with Gasteiger partial charge in [0.1, 0.15) is 6.61 Å². The summed E-state index contributed by atoms with van der Waals surface area (Å²) in [6.45, 7) is 1.83. The monoisotopic (exact) mass is 384 g/mol. The lowest BCUT2D eigenvalue weighted by atomic mass is 9.98. The summed E-state index contributed by atoms with van der Waals surface area (Å²) in [5, 5.41) is 14.9. The van der Waals surface area contributed by atoms with Crippen LogP contribution in [0.25, 0.3) is 0 Å². The van der Waals surface area contributed by atoms with Gasteiger partial charge in [0.25, 0.3) is 5.91 Å². The normalized spacial score (nSPS) is 13.1. The van der Waals surface area contributed by atoms with Crippen LogP contribution in [0.1, 0.15) is 26.5 Å². The van der Waals surface area contributed by atoms with Gasteiger partial charge in [-0.05, 0) is 48.4 Å². The Labute approximate surface area is 159 Å². The van der Waals surface area contributed by atoms with Crippen LogP contribution in [-0.2, 0) is 19.6 Å². The summed E-state index contributed by atoms with van der Waals surface area (Å²) in [6.07, 6.45) is 0.910. The number of carbonyl (C=O) groups excluding carboxylic acids is 1. The number of hydrogen-bond acceptors (Lipinski definition) is 6. The average molecular weight is 384 g/mol. The topological polar surface area (TPSA) is 76.1 Å². The van der Waals surface area contributed by atoms with Crippen LogP contribution >= 0.6 is 11.3 Å². The van der Waals surface area contributed by atoms with Crippen LogP contribution in [0.15, 0.2) is 42.5 Å². The molecule has 3 aromatic rings. The lowest BCUT2D eigenvalue weighted by Gasteiger charge is -2.17. The Hall–Kier alpha value is -2.84. The third kappa shape index (κ3) is 4.12. The van der Waals surface area contributed by atoms with Crippen LogP contribution in [0, 0.1) is 5.82 Å². The Morgan fingerprint density at radius 1 is 1.22 bits per heavy atom. The molecule has 8 heteroatoms. The second-order valence-corrected chi connectivity index (χ2v) is 7.15. The first kappa shape index (κ1) is 17.6. The molecule has 0 atom stereocenters. The number of nitrogens with zero attached hydrogens (tertiary/aromatic N) is 2. The molecule has 0 spiro atoms. The van der Waals surface area contributed by atoms with Gasteiger partial charge in [-0.15, -0.1) is 10.2 Å². The highest BCUT2D eigenvalue weighted by atomic mass is 32.1. The van der Waals surface area contributed by atoms with Crippen molar-refractivity contribution in [2.75, 3.05) is 11.9 Å². The number of nitrogens with one attached hydrogen (secondary N) is 2. The molecular weight excluding hydrogens is 367 g/mol. The van der Waals surface area contributed by atoms with Gasteiger partial charge in [0.05, 0.1) is 0 Å².